The molecule has 4 N–H and O–H groups in total. The van der Waals surface area contributed by atoms with Crippen LogP contribution >= 0.6 is 0 Å². The smallest absolute Gasteiger partial charge is 0.315 e. The van der Waals surface area contributed by atoms with Gasteiger partial charge in [0.2, 0.25) is 17.6 Å². The number of hydrogen-bond acceptors (Lipinski definition) is 7. The highest BCUT2D eigenvalue weighted by molar-refractivity contribution is 7.92. The standard InChI is InChI=1S/C39H69N5O7S/c1-13-14-22-40-33(47)30(45)29(23-28-18-19-28)41-32(46)27(3)44(24-26(2)36(4,5)6)34(48)31(37(7,8)9)42-35(49)43-39(20-16-15-17-21-39)25-52(50,51)38(10,11)12/h13,26-29,31H,1,14-25H2,2-12H3,(H,40,47)(H,41,46)(H2,42,43,49)/t26-,27+,29?,31-/m1/s1. The Kier molecular flexibility index (Phi) is 15.6. The summed E-state index contributed by atoms with van der Waals surface area (Å²) in [5.41, 5.74) is -2.02. The third-order valence-corrected chi connectivity index (χ3v) is 13.6. The van der Waals surface area contributed by atoms with Crippen molar-refractivity contribution in [2.75, 3.05) is 18.8 Å². The van der Waals surface area contributed by atoms with Crippen molar-refractivity contribution in [2.45, 2.75) is 162 Å². The van der Waals surface area contributed by atoms with Crippen molar-refractivity contribution < 1.29 is 32.4 Å². The molecule has 2 fully saturated rings. The second kappa shape index (κ2) is 17.9. The van der Waals surface area contributed by atoms with E-state index in [-0.39, 0.29) is 36.1 Å². The van der Waals surface area contributed by atoms with Crippen LogP contribution in [0, 0.1) is 22.7 Å². The summed E-state index contributed by atoms with van der Waals surface area (Å²) in [7, 11) is -3.58. The summed E-state index contributed by atoms with van der Waals surface area (Å²) in [6.45, 7) is 24.2. The van der Waals surface area contributed by atoms with Crippen LogP contribution in [0.5, 0.6) is 0 Å². The van der Waals surface area contributed by atoms with Gasteiger partial charge in [0.25, 0.3) is 5.91 Å². The van der Waals surface area contributed by atoms with E-state index in [4.69, 9.17) is 0 Å². The summed E-state index contributed by atoms with van der Waals surface area (Å²) in [6, 6.07) is -3.82. The summed E-state index contributed by atoms with van der Waals surface area (Å²) < 4.78 is 25.7. The third kappa shape index (κ3) is 13.2. The number of nitrogens with one attached hydrogen (secondary N) is 4. The zero-order valence-electron chi connectivity index (χ0n) is 33.9. The molecule has 52 heavy (non-hydrogen) atoms. The summed E-state index contributed by atoms with van der Waals surface area (Å²) in [5, 5.41) is 11.3. The van der Waals surface area contributed by atoms with E-state index in [0.717, 1.165) is 32.1 Å². The molecule has 2 saturated carbocycles. The molecular weight excluding hydrogens is 683 g/mol. The van der Waals surface area contributed by atoms with Gasteiger partial charge in [-0.05, 0) is 76.0 Å². The van der Waals surface area contributed by atoms with Gasteiger partial charge < -0.3 is 26.2 Å². The first-order valence-electron chi connectivity index (χ1n) is 19.1. The molecule has 13 heteroatoms. The number of hydrogen-bond donors (Lipinski definition) is 4. The normalized spacial score (nSPS) is 18.9. The lowest BCUT2D eigenvalue weighted by atomic mass is 9.80. The number of urea groups is 1. The second-order valence-electron chi connectivity index (χ2n) is 18.5. The Bertz CT molecular complexity index is 1400. The van der Waals surface area contributed by atoms with E-state index in [9.17, 15) is 32.4 Å². The van der Waals surface area contributed by atoms with Crippen LogP contribution < -0.4 is 21.3 Å². The maximum atomic E-state index is 14.7. The molecule has 2 rings (SSSR count). The molecule has 0 aromatic heterocycles. The van der Waals surface area contributed by atoms with Crippen molar-refractivity contribution in [3.8, 4) is 0 Å². The van der Waals surface area contributed by atoms with E-state index >= 15 is 0 Å². The number of sulfone groups is 1. The number of Topliss-reactive ketones (excluding diaryl/α,β-unsaturated/α-hetero) is 1. The highest BCUT2D eigenvalue weighted by atomic mass is 32.2. The van der Waals surface area contributed by atoms with Gasteiger partial charge in [0.05, 0.1) is 22.1 Å². The fourth-order valence-corrected chi connectivity index (χ4v) is 7.75. The summed E-state index contributed by atoms with van der Waals surface area (Å²) in [5.74, 6) is -2.61. The molecule has 4 atom stereocenters. The number of carbonyl (C=O) groups is 5. The molecule has 0 heterocycles. The molecule has 0 bridgehead atoms. The third-order valence-electron chi connectivity index (χ3n) is 10.8. The molecule has 298 valence electrons. The van der Waals surface area contributed by atoms with Crippen molar-refractivity contribution in [3.63, 3.8) is 0 Å². The zero-order valence-corrected chi connectivity index (χ0v) is 34.7. The summed E-state index contributed by atoms with van der Waals surface area (Å²) in [4.78, 5) is 69.9. The summed E-state index contributed by atoms with van der Waals surface area (Å²) >= 11 is 0. The Morgan fingerprint density at radius 2 is 1.46 bits per heavy atom. The van der Waals surface area contributed by atoms with Gasteiger partial charge in [-0.1, -0.05) is 86.6 Å². The van der Waals surface area contributed by atoms with E-state index in [1.54, 1.807) is 33.8 Å². The first kappa shape index (κ1) is 45.2. The van der Waals surface area contributed by atoms with Crippen LogP contribution in [-0.4, -0.2) is 90.1 Å². The average molecular weight is 752 g/mol. The predicted molar refractivity (Wildman–Crippen MR) is 206 cm³/mol. The Morgan fingerprint density at radius 1 is 0.885 bits per heavy atom. The van der Waals surface area contributed by atoms with Crippen molar-refractivity contribution in [1.29, 1.82) is 0 Å². The molecule has 0 radical (unpaired) electrons. The number of carbonyl (C=O) groups excluding carboxylic acids is 5. The molecule has 0 aromatic rings. The van der Waals surface area contributed by atoms with E-state index < -0.39 is 73.2 Å². The van der Waals surface area contributed by atoms with Crippen LogP contribution in [0.15, 0.2) is 12.7 Å². The Balaban J connectivity index is 2.42. The molecule has 2 aliphatic rings. The van der Waals surface area contributed by atoms with E-state index in [0.29, 0.717) is 25.7 Å². The fraction of sp³-hybridized carbons (Fsp3) is 0.821. The monoisotopic (exact) mass is 751 g/mol. The molecule has 12 nitrogen and oxygen atoms in total. The highest BCUT2D eigenvalue weighted by Gasteiger charge is 2.45. The quantitative estimate of drug-likeness (QED) is 0.0914. The van der Waals surface area contributed by atoms with Crippen molar-refractivity contribution in [1.82, 2.24) is 26.2 Å². The lowest BCUT2D eigenvalue weighted by Gasteiger charge is -2.42. The minimum Gasteiger partial charge on any atom is -0.349 e. The van der Waals surface area contributed by atoms with E-state index in [1.807, 2.05) is 48.5 Å². The van der Waals surface area contributed by atoms with Gasteiger partial charge in [-0.2, -0.15) is 0 Å². The average Bonchev–Trinajstić information content (AvgIpc) is 3.83. The van der Waals surface area contributed by atoms with Gasteiger partial charge in [0.1, 0.15) is 12.1 Å². The van der Waals surface area contributed by atoms with Gasteiger partial charge in [-0.3, -0.25) is 19.2 Å². The zero-order chi connectivity index (χ0) is 39.9. The summed E-state index contributed by atoms with van der Waals surface area (Å²) in [6.07, 6.45) is 7.77. The van der Waals surface area contributed by atoms with Crippen LogP contribution in [0.1, 0.15) is 134 Å². The van der Waals surface area contributed by atoms with Gasteiger partial charge in [-0.15, -0.1) is 6.58 Å². The number of nitrogens with zero attached hydrogens (tertiary/aromatic N) is 1. The topological polar surface area (TPSA) is 171 Å². The minimum absolute atomic E-state index is 0.0752. The second-order valence-corrected chi connectivity index (χ2v) is 21.2. The number of rotatable bonds is 17. The molecule has 0 spiro atoms. The van der Waals surface area contributed by atoms with Crippen molar-refractivity contribution in [3.05, 3.63) is 12.7 Å². The molecule has 0 aromatic carbocycles. The van der Waals surface area contributed by atoms with Crippen LogP contribution in [0.25, 0.3) is 0 Å². The number of amides is 5. The van der Waals surface area contributed by atoms with Gasteiger partial charge in [0.15, 0.2) is 9.84 Å². The van der Waals surface area contributed by atoms with Crippen LogP contribution in [0.4, 0.5) is 4.79 Å². The van der Waals surface area contributed by atoms with E-state index in [1.165, 1.54) is 4.90 Å². The first-order valence-corrected chi connectivity index (χ1v) is 20.7. The van der Waals surface area contributed by atoms with Gasteiger partial charge in [-0.25, -0.2) is 13.2 Å². The van der Waals surface area contributed by atoms with Gasteiger partial charge >= 0.3 is 6.03 Å². The SMILES string of the molecule is C=CCCNC(=O)C(=O)C(CC1CC1)NC(=O)[C@H](C)N(C[C@@H](C)C(C)(C)C)C(=O)[C@@H](NC(=O)NC1(CS(=O)(=O)C(C)(C)C)CCCCC1)C(C)(C)C. The Morgan fingerprint density at radius 3 is 1.94 bits per heavy atom. The van der Waals surface area contributed by atoms with Crippen LogP contribution in [0.2, 0.25) is 0 Å². The molecule has 1 unspecified atom stereocenters. The Labute approximate surface area is 313 Å². The lowest BCUT2D eigenvalue weighted by molar-refractivity contribution is -0.146. The minimum atomic E-state index is -3.58. The largest absolute Gasteiger partial charge is 0.349 e. The molecule has 2 aliphatic carbocycles. The van der Waals surface area contributed by atoms with Crippen LogP contribution in [-0.2, 0) is 29.0 Å². The molecule has 0 saturated heterocycles. The van der Waals surface area contributed by atoms with Gasteiger partial charge in [0, 0.05) is 13.1 Å². The van der Waals surface area contributed by atoms with Crippen molar-refractivity contribution in [2.24, 2.45) is 22.7 Å². The predicted octanol–water partition coefficient (Wildman–Crippen LogP) is 5.06. The molecule has 0 aliphatic heterocycles. The van der Waals surface area contributed by atoms with E-state index in [2.05, 4.69) is 27.8 Å². The maximum absolute atomic E-state index is 14.7. The molecule has 5 amide bonds. The highest BCUT2D eigenvalue weighted by Crippen LogP contribution is 2.35. The number of ketones is 1. The van der Waals surface area contributed by atoms with Crippen LogP contribution in [0.3, 0.4) is 0 Å². The maximum Gasteiger partial charge on any atom is 0.315 e. The lowest BCUT2D eigenvalue weighted by Crippen LogP contribution is -2.64. The fourth-order valence-electron chi connectivity index (χ4n) is 6.23. The first-order chi connectivity index (χ1) is 23.7. The Hall–Kier alpha value is -2.96. The van der Waals surface area contributed by atoms with Crippen molar-refractivity contribution >= 4 is 39.4 Å². The molecular formula is C39H69N5O7S.